The molecular weight excluding hydrogens is 493 g/mol. The minimum absolute atomic E-state index is 0.105. The number of halogens is 2. The SMILES string of the molecule is Nc1ccc(Oc2ccnc(N(C(=O)Oc3ccccc3)C(=O)Oc3ccccc3)c2)c(Cl)c1Cl. The number of para-hydroxylation sites is 2. The maximum Gasteiger partial charge on any atom is 0.430 e. The molecule has 4 aromatic rings. The number of ether oxygens (including phenoxy) is 3. The molecule has 0 spiro atoms. The zero-order chi connectivity index (χ0) is 24.8. The molecule has 4 rings (SSSR count). The van der Waals surface area contributed by atoms with Gasteiger partial charge in [-0.1, -0.05) is 59.6 Å². The second-order valence-electron chi connectivity index (χ2n) is 6.93. The summed E-state index contributed by atoms with van der Waals surface area (Å²) in [6, 6.07) is 22.5. The number of imide groups is 1. The Kier molecular flexibility index (Phi) is 7.35. The molecule has 3 aromatic carbocycles. The Morgan fingerprint density at radius 1 is 0.743 bits per heavy atom. The molecule has 1 aromatic heterocycles. The lowest BCUT2D eigenvalue weighted by atomic mass is 10.3. The van der Waals surface area contributed by atoms with Crippen molar-refractivity contribution in [2.24, 2.45) is 0 Å². The Morgan fingerprint density at radius 3 is 1.89 bits per heavy atom. The molecule has 0 aliphatic carbocycles. The number of carbonyl (C=O) groups excluding carboxylic acids is 2. The maximum absolute atomic E-state index is 13.0. The van der Waals surface area contributed by atoms with Gasteiger partial charge in [-0.25, -0.2) is 14.6 Å². The Bertz CT molecular complexity index is 1300. The van der Waals surface area contributed by atoms with Crippen molar-refractivity contribution < 1.29 is 23.8 Å². The Balaban J connectivity index is 1.65. The van der Waals surface area contributed by atoms with Crippen molar-refractivity contribution in [1.29, 1.82) is 0 Å². The summed E-state index contributed by atoms with van der Waals surface area (Å²) in [5, 5.41) is 0.242. The van der Waals surface area contributed by atoms with E-state index in [1.807, 2.05) is 0 Å². The molecule has 8 nitrogen and oxygen atoms in total. The molecule has 1 heterocycles. The van der Waals surface area contributed by atoms with E-state index in [-0.39, 0.29) is 44.5 Å². The molecule has 10 heteroatoms. The summed E-state index contributed by atoms with van der Waals surface area (Å²) in [5.74, 6) is 0.773. The van der Waals surface area contributed by atoms with Crippen LogP contribution in [0.3, 0.4) is 0 Å². The summed E-state index contributed by atoms with van der Waals surface area (Å²) in [4.78, 5) is 30.8. The number of benzene rings is 3. The number of nitrogen functional groups attached to an aromatic ring is 1. The van der Waals surface area contributed by atoms with Crippen molar-refractivity contribution >= 4 is 46.9 Å². The van der Waals surface area contributed by atoms with E-state index < -0.39 is 12.2 Å². The van der Waals surface area contributed by atoms with Gasteiger partial charge in [-0.3, -0.25) is 0 Å². The minimum atomic E-state index is -1.03. The van der Waals surface area contributed by atoms with Crippen molar-refractivity contribution in [2.75, 3.05) is 10.6 Å². The standard InChI is InChI=1S/C25H17Cl2N3O5/c26-22-19(28)11-12-20(23(22)27)33-18-13-14-29-21(15-18)30(24(31)34-16-7-3-1-4-8-16)25(32)35-17-9-5-2-6-10-17/h1-15H,28H2. The Hall–Kier alpha value is -4.27. The Morgan fingerprint density at radius 2 is 1.31 bits per heavy atom. The summed E-state index contributed by atoms with van der Waals surface area (Å²) in [6.45, 7) is 0. The zero-order valence-corrected chi connectivity index (χ0v) is 19.4. The molecule has 0 aliphatic rings. The number of anilines is 2. The first-order valence-electron chi connectivity index (χ1n) is 10.1. The van der Waals surface area contributed by atoms with Gasteiger partial charge in [-0.2, -0.15) is 4.90 Å². The lowest BCUT2D eigenvalue weighted by Gasteiger charge is -2.19. The number of aromatic nitrogens is 1. The molecule has 0 radical (unpaired) electrons. The average molecular weight is 510 g/mol. The van der Waals surface area contributed by atoms with Crippen LogP contribution in [0.2, 0.25) is 10.0 Å². The van der Waals surface area contributed by atoms with Crippen LogP contribution in [-0.4, -0.2) is 17.2 Å². The summed E-state index contributed by atoms with van der Waals surface area (Å²) in [6.07, 6.45) is -0.721. The van der Waals surface area contributed by atoms with Crippen LogP contribution in [0.4, 0.5) is 21.1 Å². The van der Waals surface area contributed by atoms with Gasteiger partial charge in [0.2, 0.25) is 0 Å². The summed E-state index contributed by atoms with van der Waals surface area (Å²) in [5.41, 5.74) is 6.04. The van der Waals surface area contributed by atoms with Crippen molar-refractivity contribution in [2.45, 2.75) is 0 Å². The van der Waals surface area contributed by atoms with Crippen LogP contribution in [0.25, 0.3) is 0 Å². The van der Waals surface area contributed by atoms with Gasteiger partial charge < -0.3 is 19.9 Å². The van der Waals surface area contributed by atoms with Gasteiger partial charge in [0.05, 0.1) is 10.7 Å². The number of rotatable bonds is 5. The summed E-state index contributed by atoms with van der Waals surface area (Å²) >= 11 is 12.3. The van der Waals surface area contributed by atoms with Crippen molar-refractivity contribution in [3.05, 3.63) is 101 Å². The van der Waals surface area contributed by atoms with E-state index >= 15 is 0 Å². The molecule has 35 heavy (non-hydrogen) atoms. The molecule has 176 valence electrons. The number of hydrogen-bond donors (Lipinski definition) is 1. The van der Waals surface area contributed by atoms with E-state index in [1.165, 1.54) is 30.5 Å². The Labute approximate surface area is 210 Å². The molecule has 2 N–H and O–H groups in total. The zero-order valence-electron chi connectivity index (χ0n) is 17.9. The van der Waals surface area contributed by atoms with Gasteiger partial charge in [0.1, 0.15) is 28.0 Å². The van der Waals surface area contributed by atoms with Crippen LogP contribution in [0.5, 0.6) is 23.0 Å². The van der Waals surface area contributed by atoms with Crippen molar-refractivity contribution in [3.63, 3.8) is 0 Å². The van der Waals surface area contributed by atoms with Crippen LogP contribution in [-0.2, 0) is 0 Å². The smallest absolute Gasteiger partial charge is 0.430 e. The van der Waals surface area contributed by atoms with Gasteiger partial charge in [-0.05, 0) is 42.5 Å². The first kappa shape index (κ1) is 23.9. The highest BCUT2D eigenvalue weighted by atomic mass is 35.5. The number of nitrogens with zero attached hydrogens (tertiary/aromatic N) is 2. The monoisotopic (exact) mass is 509 g/mol. The third-order valence-corrected chi connectivity index (χ3v) is 5.39. The fraction of sp³-hybridized carbons (Fsp3) is 0. The minimum Gasteiger partial charge on any atom is -0.456 e. The van der Waals surface area contributed by atoms with Crippen molar-refractivity contribution in [3.8, 4) is 23.0 Å². The highest BCUT2D eigenvalue weighted by Gasteiger charge is 2.29. The average Bonchev–Trinajstić information content (AvgIpc) is 2.86. The number of carbonyl (C=O) groups is 2. The number of hydrogen-bond acceptors (Lipinski definition) is 7. The third kappa shape index (κ3) is 5.81. The van der Waals surface area contributed by atoms with E-state index in [4.69, 9.17) is 43.1 Å². The summed E-state index contributed by atoms with van der Waals surface area (Å²) < 4.78 is 16.5. The largest absolute Gasteiger partial charge is 0.456 e. The highest BCUT2D eigenvalue weighted by molar-refractivity contribution is 6.44. The van der Waals surface area contributed by atoms with E-state index in [1.54, 1.807) is 60.7 Å². The second kappa shape index (κ2) is 10.8. The molecule has 0 unspecified atom stereocenters. The van der Waals surface area contributed by atoms with E-state index in [0.717, 1.165) is 0 Å². The molecule has 0 saturated carbocycles. The molecule has 2 amide bonds. The van der Waals surface area contributed by atoms with Gasteiger partial charge >= 0.3 is 12.2 Å². The van der Waals surface area contributed by atoms with Crippen molar-refractivity contribution in [1.82, 2.24) is 4.98 Å². The predicted octanol–water partition coefficient (Wildman–Crippen LogP) is 6.97. The van der Waals surface area contributed by atoms with Crippen LogP contribution >= 0.6 is 23.2 Å². The van der Waals surface area contributed by atoms with Gasteiger partial charge in [0.15, 0.2) is 5.82 Å². The fourth-order valence-corrected chi connectivity index (χ4v) is 3.24. The quantitative estimate of drug-likeness (QED) is 0.289. The second-order valence-corrected chi connectivity index (χ2v) is 7.69. The number of pyridine rings is 1. The van der Waals surface area contributed by atoms with Gasteiger partial charge in [0.25, 0.3) is 0 Å². The molecular formula is C25H17Cl2N3O5. The van der Waals surface area contributed by atoms with Gasteiger partial charge in [0, 0.05) is 12.3 Å². The fourth-order valence-electron chi connectivity index (χ4n) is 2.87. The lowest BCUT2D eigenvalue weighted by Crippen LogP contribution is -2.41. The highest BCUT2D eigenvalue weighted by Crippen LogP contribution is 2.38. The molecule has 0 bridgehead atoms. The van der Waals surface area contributed by atoms with Crippen LogP contribution in [0, 0.1) is 0 Å². The lowest BCUT2D eigenvalue weighted by molar-refractivity contribution is 0.190. The molecule has 0 saturated heterocycles. The van der Waals surface area contributed by atoms with E-state index in [0.29, 0.717) is 4.90 Å². The topological polar surface area (TPSA) is 104 Å². The normalized spacial score (nSPS) is 10.3. The maximum atomic E-state index is 13.0. The van der Waals surface area contributed by atoms with Crippen LogP contribution < -0.4 is 24.8 Å². The summed E-state index contributed by atoms with van der Waals surface area (Å²) in [7, 11) is 0. The predicted molar refractivity (Wildman–Crippen MR) is 133 cm³/mol. The van der Waals surface area contributed by atoms with Gasteiger partial charge in [-0.15, -0.1) is 0 Å². The number of amides is 2. The first-order valence-corrected chi connectivity index (χ1v) is 10.9. The van der Waals surface area contributed by atoms with E-state index in [9.17, 15) is 9.59 Å². The number of nitrogens with two attached hydrogens (primary N) is 1. The van der Waals surface area contributed by atoms with Crippen LogP contribution in [0.1, 0.15) is 0 Å². The first-order chi connectivity index (χ1) is 16.9. The van der Waals surface area contributed by atoms with E-state index in [2.05, 4.69) is 4.98 Å². The molecule has 0 aliphatic heterocycles. The molecule has 0 fully saturated rings. The molecule has 0 atom stereocenters. The van der Waals surface area contributed by atoms with Crippen LogP contribution in [0.15, 0.2) is 91.1 Å². The third-order valence-electron chi connectivity index (χ3n) is 4.51.